The van der Waals surface area contributed by atoms with Gasteiger partial charge in [0.2, 0.25) is 5.91 Å². The lowest BCUT2D eigenvalue weighted by molar-refractivity contribution is -0.121. The Balaban J connectivity index is 0.00000324. The quantitative estimate of drug-likeness (QED) is 0.641. The normalized spacial score (nSPS) is 16.9. The van der Waals surface area contributed by atoms with Gasteiger partial charge >= 0.3 is 0 Å². The molecule has 0 aromatic heterocycles. The Morgan fingerprint density at radius 2 is 2.05 bits per heavy atom. The van der Waals surface area contributed by atoms with Crippen LogP contribution in [0.15, 0.2) is 0 Å². The van der Waals surface area contributed by atoms with E-state index in [-0.39, 0.29) is 23.7 Å². The minimum absolute atomic E-state index is 0. The summed E-state index contributed by atoms with van der Waals surface area (Å²) in [5.74, 6) is 0.142. The molecule has 4 nitrogen and oxygen atoms in total. The molecule has 5 heteroatoms. The third-order valence-electron chi connectivity index (χ3n) is 3.91. The third kappa shape index (κ3) is 7.14. The van der Waals surface area contributed by atoms with Gasteiger partial charge in [0.25, 0.3) is 0 Å². The van der Waals surface area contributed by atoms with Crippen LogP contribution in [0.5, 0.6) is 0 Å². The molecule has 19 heavy (non-hydrogen) atoms. The Morgan fingerprint density at radius 3 is 2.63 bits per heavy atom. The van der Waals surface area contributed by atoms with Gasteiger partial charge in [0, 0.05) is 26.2 Å². The molecule has 0 heterocycles. The van der Waals surface area contributed by atoms with E-state index in [1.165, 1.54) is 25.7 Å². The standard InChI is InChI=1S/C14H28N2O2.ClH/c1-2-18-11-9-14(7-3-4-8-14)12-16-13(17)6-5-10-15;/h2-12,15H2,1H3,(H,16,17);1H. The van der Waals surface area contributed by atoms with Crippen LogP contribution in [0.2, 0.25) is 0 Å². The lowest BCUT2D eigenvalue weighted by Gasteiger charge is -2.29. The zero-order valence-corrected chi connectivity index (χ0v) is 12.9. The Labute approximate surface area is 123 Å². The molecule has 0 aromatic rings. The van der Waals surface area contributed by atoms with Crippen molar-refractivity contribution in [2.75, 3.05) is 26.3 Å². The molecule has 114 valence electrons. The van der Waals surface area contributed by atoms with Gasteiger partial charge in [0.1, 0.15) is 0 Å². The van der Waals surface area contributed by atoms with E-state index in [1.807, 2.05) is 6.92 Å². The molecule has 0 bridgehead atoms. The van der Waals surface area contributed by atoms with Crippen LogP contribution in [0.1, 0.15) is 51.9 Å². The van der Waals surface area contributed by atoms with E-state index >= 15 is 0 Å². The number of hydrogen-bond donors (Lipinski definition) is 2. The first-order valence-electron chi connectivity index (χ1n) is 7.27. The van der Waals surface area contributed by atoms with Crippen LogP contribution in [0.4, 0.5) is 0 Å². The number of amides is 1. The maximum Gasteiger partial charge on any atom is 0.220 e. The van der Waals surface area contributed by atoms with Gasteiger partial charge < -0.3 is 15.8 Å². The summed E-state index contributed by atoms with van der Waals surface area (Å²) in [6.45, 7) is 5.01. The van der Waals surface area contributed by atoms with E-state index in [4.69, 9.17) is 10.5 Å². The van der Waals surface area contributed by atoms with Gasteiger partial charge in [-0.3, -0.25) is 4.79 Å². The summed E-state index contributed by atoms with van der Waals surface area (Å²) in [7, 11) is 0. The fourth-order valence-electron chi connectivity index (χ4n) is 2.71. The molecule has 1 rings (SSSR count). The lowest BCUT2D eigenvalue weighted by Crippen LogP contribution is -2.36. The van der Waals surface area contributed by atoms with Crippen LogP contribution < -0.4 is 11.1 Å². The summed E-state index contributed by atoms with van der Waals surface area (Å²) >= 11 is 0. The van der Waals surface area contributed by atoms with Crippen molar-refractivity contribution in [3.8, 4) is 0 Å². The highest BCUT2D eigenvalue weighted by Crippen LogP contribution is 2.40. The average Bonchev–Trinajstić information content (AvgIpc) is 2.84. The number of ether oxygens (including phenoxy) is 1. The number of carbonyl (C=O) groups excluding carboxylic acids is 1. The Hall–Kier alpha value is -0.320. The third-order valence-corrected chi connectivity index (χ3v) is 3.91. The van der Waals surface area contributed by atoms with Crippen LogP contribution in [0.25, 0.3) is 0 Å². The lowest BCUT2D eigenvalue weighted by atomic mass is 9.83. The maximum absolute atomic E-state index is 11.6. The zero-order valence-electron chi connectivity index (χ0n) is 12.1. The number of nitrogens with two attached hydrogens (primary N) is 1. The summed E-state index contributed by atoms with van der Waals surface area (Å²) in [5, 5.41) is 3.08. The SMILES string of the molecule is CCOCCC1(CNC(=O)CCCN)CCCC1.Cl. The van der Waals surface area contributed by atoms with Crippen LogP contribution in [0.3, 0.4) is 0 Å². The van der Waals surface area contributed by atoms with Crippen molar-refractivity contribution < 1.29 is 9.53 Å². The molecule has 0 aliphatic heterocycles. The van der Waals surface area contributed by atoms with Crippen molar-refractivity contribution in [1.29, 1.82) is 0 Å². The van der Waals surface area contributed by atoms with E-state index in [1.54, 1.807) is 0 Å². The van der Waals surface area contributed by atoms with Gasteiger partial charge in [0.05, 0.1) is 0 Å². The molecule has 1 saturated carbocycles. The fourth-order valence-corrected chi connectivity index (χ4v) is 2.71. The second-order valence-corrected chi connectivity index (χ2v) is 5.32. The second kappa shape index (κ2) is 10.5. The molecule has 0 aromatic carbocycles. The average molecular weight is 293 g/mol. The summed E-state index contributed by atoms with van der Waals surface area (Å²) in [4.78, 5) is 11.6. The van der Waals surface area contributed by atoms with E-state index in [9.17, 15) is 4.79 Å². The number of halogens is 1. The van der Waals surface area contributed by atoms with E-state index in [0.717, 1.165) is 32.6 Å². The van der Waals surface area contributed by atoms with Crippen LogP contribution >= 0.6 is 12.4 Å². The largest absolute Gasteiger partial charge is 0.382 e. The van der Waals surface area contributed by atoms with Crippen molar-refractivity contribution in [1.82, 2.24) is 5.32 Å². The molecular weight excluding hydrogens is 264 g/mol. The summed E-state index contributed by atoms with van der Waals surface area (Å²) in [6, 6.07) is 0. The van der Waals surface area contributed by atoms with E-state index < -0.39 is 0 Å². The van der Waals surface area contributed by atoms with E-state index in [2.05, 4.69) is 5.32 Å². The number of nitrogens with one attached hydrogen (secondary N) is 1. The smallest absolute Gasteiger partial charge is 0.220 e. The first-order valence-corrected chi connectivity index (χ1v) is 7.27. The fraction of sp³-hybridized carbons (Fsp3) is 0.929. The van der Waals surface area contributed by atoms with Gasteiger partial charge in [-0.05, 0) is 44.6 Å². The highest BCUT2D eigenvalue weighted by atomic mass is 35.5. The van der Waals surface area contributed by atoms with Crippen molar-refractivity contribution in [2.45, 2.75) is 51.9 Å². The van der Waals surface area contributed by atoms with Crippen LogP contribution in [-0.2, 0) is 9.53 Å². The minimum Gasteiger partial charge on any atom is -0.382 e. The second-order valence-electron chi connectivity index (χ2n) is 5.32. The molecule has 1 aliphatic carbocycles. The summed E-state index contributed by atoms with van der Waals surface area (Å²) in [6.07, 6.45) is 7.40. The Kier molecular flexibility index (Phi) is 10.3. The Morgan fingerprint density at radius 1 is 1.37 bits per heavy atom. The van der Waals surface area contributed by atoms with Gasteiger partial charge in [-0.2, -0.15) is 0 Å². The number of carbonyl (C=O) groups is 1. The van der Waals surface area contributed by atoms with Crippen LogP contribution in [-0.4, -0.2) is 32.2 Å². The summed E-state index contributed by atoms with van der Waals surface area (Å²) in [5.41, 5.74) is 5.69. The Bertz CT molecular complexity index is 244. The molecule has 3 N–H and O–H groups in total. The van der Waals surface area contributed by atoms with Crippen molar-refractivity contribution in [3.63, 3.8) is 0 Å². The van der Waals surface area contributed by atoms with Crippen molar-refractivity contribution in [3.05, 3.63) is 0 Å². The first kappa shape index (κ1) is 18.7. The minimum atomic E-state index is 0. The van der Waals surface area contributed by atoms with Gasteiger partial charge in [0.15, 0.2) is 0 Å². The van der Waals surface area contributed by atoms with E-state index in [0.29, 0.717) is 13.0 Å². The van der Waals surface area contributed by atoms with Gasteiger partial charge in [-0.25, -0.2) is 0 Å². The molecule has 1 fully saturated rings. The van der Waals surface area contributed by atoms with Gasteiger partial charge in [-0.1, -0.05) is 12.8 Å². The predicted molar refractivity (Wildman–Crippen MR) is 80.6 cm³/mol. The van der Waals surface area contributed by atoms with Crippen LogP contribution in [0, 0.1) is 5.41 Å². The van der Waals surface area contributed by atoms with Gasteiger partial charge in [-0.15, -0.1) is 12.4 Å². The molecule has 0 radical (unpaired) electrons. The predicted octanol–water partition coefficient (Wildman–Crippen LogP) is 2.25. The highest BCUT2D eigenvalue weighted by molar-refractivity contribution is 5.85. The summed E-state index contributed by atoms with van der Waals surface area (Å²) < 4.78 is 5.46. The molecular formula is C14H29ClN2O2. The number of rotatable bonds is 9. The molecule has 0 atom stereocenters. The monoisotopic (exact) mass is 292 g/mol. The van der Waals surface area contributed by atoms with Crippen molar-refractivity contribution >= 4 is 18.3 Å². The topological polar surface area (TPSA) is 64.3 Å². The molecule has 0 unspecified atom stereocenters. The molecule has 1 amide bonds. The molecule has 0 spiro atoms. The highest BCUT2D eigenvalue weighted by Gasteiger charge is 2.33. The maximum atomic E-state index is 11.6. The first-order chi connectivity index (χ1) is 8.72. The zero-order chi connectivity index (χ0) is 13.3. The van der Waals surface area contributed by atoms with Crippen molar-refractivity contribution in [2.24, 2.45) is 11.1 Å². The molecule has 0 saturated heterocycles. The number of hydrogen-bond acceptors (Lipinski definition) is 3. The molecule has 1 aliphatic rings.